The molecular weight excluding hydrogens is 172 g/mol. The molecule has 12 heavy (non-hydrogen) atoms. The number of thioether (sulfide) groups is 1. The molecule has 0 aliphatic rings. The first-order valence-corrected chi connectivity index (χ1v) is 4.69. The van der Waals surface area contributed by atoms with E-state index in [2.05, 4.69) is 9.97 Å². The van der Waals surface area contributed by atoms with Crippen molar-refractivity contribution in [2.45, 2.75) is 25.9 Å². The summed E-state index contributed by atoms with van der Waals surface area (Å²) in [5.41, 5.74) is 3.09. The average Bonchev–Trinajstić information content (AvgIpc) is 2.01. The van der Waals surface area contributed by atoms with Gasteiger partial charge in [0.05, 0.1) is 5.94 Å². The lowest BCUT2D eigenvalue weighted by atomic mass is 10.2. The molecule has 0 bridgehead atoms. The molecule has 0 unspecified atom stereocenters. The van der Waals surface area contributed by atoms with Crippen LogP contribution in [0.3, 0.4) is 0 Å². The molecule has 0 radical (unpaired) electrons. The van der Waals surface area contributed by atoms with E-state index in [1.807, 2.05) is 20.8 Å². The molecule has 1 rings (SSSR count). The maximum absolute atomic E-state index is 8.65. The maximum atomic E-state index is 8.65. The summed E-state index contributed by atoms with van der Waals surface area (Å²) >= 11 is 1.25. The van der Waals surface area contributed by atoms with Crippen LogP contribution in [0.5, 0.6) is 0 Å². The highest BCUT2D eigenvalue weighted by molar-refractivity contribution is 7.98. The van der Waals surface area contributed by atoms with Crippen LogP contribution in [0.15, 0.2) is 5.16 Å². The van der Waals surface area contributed by atoms with Gasteiger partial charge in [-0.05, 0) is 26.3 Å². The normalized spacial score (nSPS) is 10.3. The van der Waals surface area contributed by atoms with Crippen molar-refractivity contribution in [3.63, 3.8) is 0 Å². The van der Waals surface area contributed by atoms with E-state index < -0.39 is 0 Å². The van der Waals surface area contributed by atoms with Crippen molar-refractivity contribution < 1.29 is 5.11 Å². The Bertz CT molecular complexity index is 265. The monoisotopic (exact) mass is 184 g/mol. The molecule has 0 aliphatic heterocycles. The van der Waals surface area contributed by atoms with Gasteiger partial charge in [0.2, 0.25) is 0 Å². The molecule has 4 heteroatoms. The van der Waals surface area contributed by atoms with E-state index in [-0.39, 0.29) is 5.94 Å². The van der Waals surface area contributed by atoms with E-state index >= 15 is 0 Å². The van der Waals surface area contributed by atoms with Crippen LogP contribution in [0.25, 0.3) is 0 Å². The SMILES string of the molecule is Cc1nc(SCO)nc(C)c1C. The Morgan fingerprint density at radius 2 is 1.67 bits per heavy atom. The first-order chi connectivity index (χ1) is 5.65. The van der Waals surface area contributed by atoms with Crippen LogP contribution in [0.2, 0.25) is 0 Å². The van der Waals surface area contributed by atoms with Gasteiger partial charge in [0, 0.05) is 11.4 Å². The summed E-state index contributed by atoms with van der Waals surface area (Å²) in [5, 5.41) is 9.30. The molecule has 0 fully saturated rings. The molecule has 1 aromatic rings. The minimum atomic E-state index is 0.0297. The van der Waals surface area contributed by atoms with Gasteiger partial charge in [-0.1, -0.05) is 11.8 Å². The maximum Gasteiger partial charge on any atom is 0.190 e. The van der Waals surface area contributed by atoms with Crippen LogP contribution in [-0.2, 0) is 0 Å². The topological polar surface area (TPSA) is 46.0 Å². The highest BCUT2D eigenvalue weighted by Gasteiger charge is 2.03. The second-order valence-corrected chi connectivity index (χ2v) is 3.49. The Morgan fingerprint density at radius 1 is 1.17 bits per heavy atom. The molecule has 0 amide bonds. The summed E-state index contributed by atoms with van der Waals surface area (Å²) in [5.74, 6) is 0.0297. The number of aromatic nitrogens is 2. The van der Waals surface area contributed by atoms with Gasteiger partial charge in [0.1, 0.15) is 0 Å². The fourth-order valence-electron chi connectivity index (χ4n) is 0.864. The van der Waals surface area contributed by atoms with Gasteiger partial charge in [-0.15, -0.1) is 0 Å². The van der Waals surface area contributed by atoms with Crippen molar-refractivity contribution in [1.82, 2.24) is 9.97 Å². The van der Waals surface area contributed by atoms with E-state index in [1.54, 1.807) is 0 Å². The molecular formula is C8H12N2OS. The third kappa shape index (κ3) is 1.95. The molecule has 0 atom stereocenters. The molecule has 0 saturated carbocycles. The molecule has 0 spiro atoms. The van der Waals surface area contributed by atoms with Crippen LogP contribution in [0, 0.1) is 20.8 Å². The zero-order chi connectivity index (χ0) is 9.14. The van der Waals surface area contributed by atoms with E-state index in [0.29, 0.717) is 5.16 Å². The largest absolute Gasteiger partial charge is 0.385 e. The third-order valence-corrected chi connectivity index (χ3v) is 2.38. The minimum absolute atomic E-state index is 0.0297. The number of rotatable bonds is 2. The molecule has 0 aromatic carbocycles. The van der Waals surface area contributed by atoms with Crippen LogP contribution in [0.4, 0.5) is 0 Å². The lowest BCUT2D eigenvalue weighted by molar-refractivity contribution is 0.374. The molecule has 3 nitrogen and oxygen atoms in total. The highest BCUT2D eigenvalue weighted by atomic mass is 32.2. The van der Waals surface area contributed by atoms with E-state index in [4.69, 9.17) is 5.11 Å². The lowest BCUT2D eigenvalue weighted by Gasteiger charge is -2.04. The summed E-state index contributed by atoms with van der Waals surface area (Å²) in [6, 6.07) is 0. The number of aliphatic hydroxyl groups excluding tert-OH is 1. The summed E-state index contributed by atoms with van der Waals surface area (Å²) < 4.78 is 0. The molecule has 1 aromatic heterocycles. The standard InChI is InChI=1S/C8H12N2OS/c1-5-6(2)9-8(12-4-11)10-7(5)3/h11H,4H2,1-3H3. The molecule has 1 N–H and O–H groups in total. The molecule has 0 saturated heterocycles. The Hall–Kier alpha value is -0.610. The van der Waals surface area contributed by atoms with Gasteiger partial charge in [0.15, 0.2) is 5.16 Å². The lowest BCUT2D eigenvalue weighted by Crippen LogP contribution is -1.98. The van der Waals surface area contributed by atoms with E-state index in [1.165, 1.54) is 11.8 Å². The average molecular weight is 184 g/mol. The predicted octanol–water partition coefficient (Wildman–Crippen LogP) is 1.44. The molecule has 0 aliphatic carbocycles. The highest BCUT2D eigenvalue weighted by Crippen LogP contribution is 2.15. The quantitative estimate of drug-likeness (QED) is 0.429. The fourth-order valence-corrected chi connectivity index (χ4v) is 1.38. The van der Waals surface area contributed by atoms with Crippen molar-refractivity contribution in [2.24, 2.45) is 0 Å². The van der Waals surface area contributed by atoms with Gasteiger partial charge in [-0.25, -0.2) is 9.97 Å². The van der Waals surface area contributed by atoms with Crippen LogP contribution < -0.4 is 0 Å². The van der Waals surface area contributed by atoms with E-state index in [0.717, 1.165) is 17.0 Å². The summed E-state index contributed by atoms with van der Waals surface area (Å²) in [6.45, 7) is 5.90. The van der Waals surface area contributed by atoms with Gasteiger partial charge >= 0.3 is 0 Å². The van der Waals surface area contributed by atoms with Crippen LogP contribution in [0.1, 0.15) is 17.0 Å². The zero-order valence-electron chi connectivity index (χ0n) is 7.46. The Kier molecular flexibility index (Phi) is 3.05. The number of nitrogens with zero attached hydrogens (tertiary/aromatic N) is 2. The Balaban J connectivity index is 3.04. The number of aryl methyl sites for hydroxylation is 2. The number of aliphatic hydroxyl groups is 1. The van der Waals surface area contributed by atoms with Gasteiger partial charge in [-0.3, -0.25) is 0 Å². The summed E-state index contributed by atoms with van der Waals surface area (Å²) in [7, 11) is 0. The summed E-state index contributed by atoms with van der Waals surface area (Å²) in [4.78, 5) is 8.43. The van der Waals surface area contributed by atoms with Crippen LogP contribution in [-0.4, -0.2) is 21.0 Å². The van der Waals surface area contributed by atoms with Crippen molar-refractivity contribution >= 4 is 11.8 Å². The third-order valence-electron chi connectivity index (χ3n) is 1.81. The predicted molar refractivity (Wildman–Crippen MR) is 49.2 cm³/mol. The van der Waals surface area contributed by atoms with Crippen molar-refractivity contribution in [1.29, 1.82) is 0 Å². The van der Waals surface area contributed by atoms with Gasteiger partial charge in [-0.2, -0.15) is 0 Å². The van der Waals surface area contributed by atoms with Crippen molar-refractivity contribution in [3.8, 4) is 0 Å². The Labute approximate surface area is 76.2 Å². The van der Waals surface area contributed by atoms with E-state index in [9.17, 15) is 0 Å². The van der Waals surface area contributed by atoms with Gasteiger partial charge in [0.25, 0.3) is 0 Å². The zero-order valence-corrected chi connectivity index (χ0v) is 8.27. The second-order valence-electron chi connectivity index (χ2n) is 2.58. The smallest absolute Gasteiger partial charge is 0.190 e. The summed E-state index contributed by atoms with van der Waals surface area (Å²) in [6.07, 6.45) is 0. The molecule has 1 heterocycles. The number of hydrogen-bond acceptors (Lipinski definition) is 4. The van der Waals surface area contributed by atoms with Crippen molar-refractivity contribution in [3.05, 3.63) is 17.0 Å². The van der Waals surface area contributed by atoms with Crippen molar-refractivity contribution in [2.75, 3.05) is 5.94 Å². The Morgan fingerprint density at radius 3 is 2.08 bits per heavy atom. The first-order valence-electron chi connectivity index (χ1n) is 3.70. The second kappa shape index (κ2) is 3.87. The van der Waals surface area contributed by atoms with Crippen LogP contribution >= 0.6 is 11.8 Å². The number of hydrogen-bond donors (Lipinski definition) is 1. The fraction of sp³-hybridized carbons (Fsp3) is 0.500. The molecule has 66 valence electrons. The minimum Gasteiger partial charge on any atom is -0.385 e. The van der Waals surface area contributed by atoms with Gasteiger partial charge < -0.3 is 5.11 Å². The first kappa shape index (κ1) is 9.48.